The Bertz CT molecular complexity index is 69.5. The second-order valence-electron chi connectivity index (χ2n) is 3.44. The summed E-state index contributed by atoms with van der Waals surface area (Å²) in [7, 11) is 1.95. The Balaban J connectivity index is 3.79. The molecule has 0 aliphatic rings. The van der Waals surface area contributed by atoms with E-state index >= 15 is 0 Å². The first-order valence-electron chi connectivity index (χ1n) is 3.39. The van der Waals surface area contributed by atoms with Crippen molar-refractivity contribution in [2.24, 2.45) is 11.1 Å². The minimum Gasteiger partial charge on any atom is -0.329 e. The smallest absolute Gasteiger partial charge is 0.0235 e. The second-order valence-corrected chi connectivity index (χ2v) is 3.44. The predicted molar refractivity (Wildman–Crippen MR) is 41.4 cm³/mol. The molecule has 0 aromatic carbocycles. The molecular formula is C7H18N2. The first kappa shape index (κ1) is 8.92. The highest BCUT2D eigenvalue weighted by Gasteiger charge is 2.20. The van der Waals surface area contributed by atoms with E-state index in [9.17, 15) is 0 Å². The molecule has 2 heteroatoms. The first-order valence-corrected chi connectivity index (χ1v) is 3.39. The van der Waals surface area contributed by atoms with Gasteiger partial charge >= 0.3 is 0 Å². The van der Waals surface area contributed by atoms with Crippen molar-refractivity contribution in [3.63, 3.8) is 0 Å². The Hall–Kier alpha value is -0.0800. The molecule has 1 atom stereocenters. The van der Waals surface area contributed by atoms with Crippen molar-refractivity contribution < 1.29 is 0 Å². The van der Waals surface area contributed by atoms with Crippen LogP contribution in [0.2, 0.25) is 0 Å². The zero-order valence-corrected chi connectivity index (χ0v) is 6.86. The highest BCUT2D eigenvalue weighted by molar-refractivity contribution is 4.79. The minimum absolute atomic E-state index is 0.281. The van der Waals surface area contributed by atoms with Gasteiger partial charge in [0, 0.05) is 12.6 Å². The predicted octanol–water partition coefficient (Wildman–Crippen LogP) is 0.579. The number of likely N-dealkylation sites (N-methyl/N-ethyl adjacent to an activating group) is 1. The van der Waals surface area contributed by atoms with Crippen molar-refractivity contribution in [1.82, 2.24) is 5.32 Å². The van der Waals surface area contributed by atoms with E-state index in [1.807, 2.05) is 7.05 Å². The number of nitrogens with one attached hydrogen (secondary N) is 1. The van der Waals surface area contributed by atoms with Crippen LogP contribution in [0, 0.1) is 5.41 Å². The molecule has 56 valence electrons. The zero-order valence-electron chi connectivity index (χ0n) is 6.86. The third-order valence-corrected chi connectivity index (χ3v) is 1.63. The van der Waals surface area contributed by atoms with Crippen LogP contribution in [-0.4, -0.2) is 19.6 Å². The van der Waals surface area contributed by atoms with Gasteiger partial charge in [-0.05, 0) is 12.5 Å². The lowest BCUT2D eigenvalue weighted by Crippen LogP contribution is -2.43. The first-order chi connectivity index (χ1) is 4.02. The molecule has 9 heavy (non-hydrogen) atoms. The fourth-order valence-electron chi connectivity index (χ4n) is 0.904. The Morgan fingerprint density at radius 3 is 1.89 bits per heavy atom. The van der Waals surface area contributed by atoms with Crippen molar-refractivity contribution in [3.8, 4) is 0 Å². The molecule has 0 aromatic heterocycles. The van der Waals surface area contributed by atoms with Crippen LogP contribution in [0.4, 0.5) is 0 Å². The molecule has 0 fully saturated rings. The van der Waals surface area contributed by atoms with Crippen molar-refractivity contribution in [2.75, 3.05) is 13.6 Å². The molecule has 0 aliphatic carbocycles. The topological polar surface area (TPSA) is 38.0 Å². The van der Waals surface area contributed by atoms with Crippen LogP contribution in [0.25, 0.3) is 0 Å². The molecule has 0 bridgehead atoms. The zero-order chi connectivity index (χ0) is 7.49. The molecule has 0 spiro atoms. The van der Waals surface area contributed by atoms with Gasteiger partial charge in [-0.25, -0.2) is 0 Å². The van der Waals surface area contributed by atoms with E-state index in [0.29, 0.717) is 12.6 Å². The fraction of sp³-hybridized carbons (Fsp3) is 1.00. The van der Waals surface area contributed by atoms with Gasteiger partial charge in [0.05, 0.1) is 0 Å². The van der Waals surface area contributed by atoms with Gasteiger partial charge in [0.2, 0.25) is 0 Å². The monoisotopic (exact) mass is 130 g/mol. The Labute approximate surface area is 57.8 Å². The Kier molecular flexibility index (Phi) is 3.15. The molecule has 0 radical (unpaired) electrons. The maximum absolute atomic E-state index is 5.51. The fourth-order valence-corrected chi connectivity index (χ4v) is 0.904. The highest BCUT2D eigenvalue weighted by atomic mass is 14.9. The van der Waals surface area contributed by atoms with Gasteiger partial charge in [0.25, 0.3) is 0 Å². The van der Waals surface area contributed by atoms with E-state index in [0.717, 1.165) is 0 Å². The Morgan fingerprint density at radius 1 is 1.44 bits per heavy atom. The van der Waals surface area contributed by atoms with E-state index in [4.69, 9.17) is 5.73 Å². The summed E-state index contributed by atoms with van der Waals surface area (Å²) >= 11 is 0. The summed E-state index contributed by atoms with van der Waals surface area (Å²) in [5.41, 5.74) is 5.79. The molecule has 3 N–H and O–H groups in total. The molecule has 0 amide bonds. The van der Waals surface area contributed by atoms with Crippen LogP contribution in [0.15, 0.2) is 0 Å². The van der Waals surface area contributed by atoms with Crippen molar-refractivity contribution in [2.45, 2.75) is 26.8 Å². The quantitative estimate of drug-likeness (QED) is 0.574. The summed E-state index contributed by atoms with van der Waals surface area (Å²) < 4.78 is 0. The van der Waals surface area contributed by atoms with Crippen LogP contribution in [0.5, 0.6) is 0 Å². The van der Waals surface area contributed by atoms with Gasteiger partial charge in [-0.1, -0.05) is 20.8 Å². The van der Waals surface area contributed by atoms with Crippen LogP contribution in [-0.2, 0) is 0 Å². The second kappa shape index (κ2) is 3.18. The number of rotatable bonds is 2. The average molecular weight is 130 g/mol. The highest BCUT2D eigenvalue weighted by Crippen LogP contribution is 2.17. The van der Waals surface area contributed by atoms with Crippen LogP contribution >= 0.6 is 0 Å². The normalized spacial score (nSPS) is 15.7. The van der Waals surface area contributed by atoms with E-state index in [1.165, 1.54) is 0 Å². The summed E-state index contributed by atoms with van der Waals surface area (Å²) in [6.07, 6.45) is 0. The van der Waals surface area contributed by atoms with Crippen molar-refractivity contribution >= 4 is 0 Å². The maximum atomic E-state index is 5.51. The maximum Gasteiger partial charge on any atom is 0.0235 e. The van der Waals surface area contributed by atoms with E-state index in [2.05, 4.69) is 26.1 Å². The third kappa shape index (κ3) is 2.82. The van der Waals surface area contributed by atoms with Gasteiger partial charge in [0.1, 0.15) is 0 Å². The lowest BCUT2D eigenvalue weighted by Gasteiger charge is -2.28. The molecule has 2 nitrogen and oxygen atoms in total. The molecule has 0 rings (SSSR count). The van der Waals surface area contributed by atoms with E-state index < -0.39 is 0 Å². The van der Waals surface area contributed by atoms with Crippen LogP contribution in [0.3, 0.4) is 0 Å². The summed E-state index contributed by atoms with van der Waals surface area (Å²) in [6, 6.07) is 0.428. The molecule has 1 unspecified atom stereocenters. The molecular weight excluding hydrogens is 112 g/mol. The van der Waals surface area contributed by atoms with E-state index in [-0.39, 0.29) is 5.41 Å². The molecule has 0 saturated carbocycles. The largest absolute Gasteiger partial charge is 0.329 e. The van der Waals surface area contributed by atoms with Gasteiger partial charge in [-0.3, -0.25) is 0 Å². The summed E-state index contributed by atoms with van der Waals surface area (Å²) in [5.74, 6) is 0. The van der Waals surface area contributed by atoms with Gasteiger partial charge in [-0.15, -0.1) is 0 Å². The molecule has 0 saturated heterocycles. The summed E-state index contributed by atoms with van der Waals surface area (Å²) in [6.45, 7) is 7.25. The van der Waals surface area contributed by atoms with Gasteiger partial charge in [-0.2, -0.15) is 0 Å². The third-order valence-electron chi connectivity index (χ3n) is 1.63. The van der Waals surface area contributed by atoms with Gasteiger partial charge < -0.3 is 11.1 Å². The van der Waals surface area contributed by atoms with Crippen molar-refractivity contribution in [3.05, 3.63) is 0 Å². The average Bonchev–Trinajstić information content (AvgIpc) is 1.65. The molecule has 0 heterocycles. The SMILES string of the molecule is CNC(CN)C(C)(C)C. The van der Waals surface area contributed by atoms with Crippen LogP contribution < -0.4 is 11.1 Å². The van der Waals surface area contributed by atoms with Crippen molar-refractivity contribution in [1.29, 1.82) is 0 Å². The van der Waals surface area contributed by atoms with E-state index in [1.54, 1.807) is 0 Å². The lowest BCUT2D eigenvalue weighted by atomic mass is 9.87. The number of hydrogen-bond acceptors (Lipinski definition) is 2. The number of nitrogens with two attached hydrogens (primary N) is 1. The number of hydrogen-bond donors (Lipinski definition) is 2. The molecule has 0 aliphatic heterocycles. The standard InChI is InChI=1S/C7H18N2/c1-7(2,3)6(5-8)9-4/h6,9H,5,8H2,1-4H3. The molecule has 0 aromatic rings. The van der Waals surface area contributed by atoms with Crippen LogP contribution in [0.1, 0.15) is 20.8 Å². The lowest BCUT2D eigenvalue weighted by molar-refractivity contribution is 0.287. The summed E-state index contributed by atoms with van der Waals surface area (Å²) in [5, 5.41) is 3.17. The Morgan fingerprint density at radius 2 is 1.89 bits per heavy atom. The minimum atomic E-state index is 0.281. The van der Waals surface area contributed by atoms with Gasteiger partial charge in [0.15, 0.2) is 0 Å². The summed E-state index contributed by atoms with van der Waals surface area (Å²) in [4.78, 5) is 0.